The molecule has 1 N–H and O–H groups in total. The molecule has 19 heavy (non-hydrogen) atoms. The third-order valence-electron chi connectivity index (χ3n) is 3.17. The molecule has 0 fully saturated rings. The molecule has 0 amide bonds. The standard InChI is InChI=1S/C14H17F3N2/c1-4-13(2,3)9-19-11-5-6-12(14(15,16)17)10(7-11)8-18/h5-7,19H,4,9H2,1-3H3. The summed E-state index contributed by atoms with van der Waals surface area (Å²) in [5.41, 5.74) is -0.664. The maximum absolute atomic E-state index is 12.6. The molecule has 104 valence electrons. The quantitative estimate of drug-likeness (QED) is 0.878. The molecule has 0 aliphatic heterocycles. The highest BCUT2D eigenvalue weighted by Crippen LogP contribution is 2.33. The number of benzene rings is 1. The summed E-state index contributed by atoms with van der Waals surface area (Å²) in [6.45, 7) is 6.82. The number of nitriles is 1. The van der Waals surface area contributed by atoms with Crippen molar-refractivity contribution in [2.45, 2.75) is 33.4 Å². The van der Waals surface area contributed by atoms with Crippen molar-refractivity contribution in [2.24, 2.45) is 5.41 Å². The van der Waals surface area contributed by atoms with Crippen molar-refractivity contribution in [3.8, 4) is 6.07 Å². The van der Waals surface area contributed by atoms with Gasteiger partial charge in [0, 0.05) is 12.2 Å². The molecular weight excluding hydrogens is 253 g/mol. The molecule has 0 saturated carbocycles. The number of hydrogen-bond donors (Lipinski definition) is 1. The van der Waals surface area contributed by atoms with E-state index in [1.54, 1.807) is 6.07 Å². The molecule has 0 radical (unpaired) electrons. The molecular formula is C14H17F3N2. The van der Waals surface area contributed by atoms with E-state index in [2.05, 4.69) is 26.1 Å². The van der Waals surface area contributed by atoms with E-state index in [0.29, 0.717) is 12.2 Å². The molecule has 0 heterocycles. The number of anilines is 1. The predicted molar refractivity (Wildman–Crippen MR) is 68.7 cm³/mol. The molecule has 1 aromatic carbocycles. The van der Waals surface area contributed by atoms with Crippen molar-refractivity contribution in [3.05, 3.63) is 29.3 Å². The highest BCUT2D eigenvalue weighted by molar-refractivity contribution is 5.53. The van der Waals surface area contributed by atoms with Crippen LogP contribution in [-0.4, -0.2) is 6.54 Å². The molecule has 0 atom stereocenters. The van der Waals surface area contributed by atoms with Gasteiger partial charge in [-0.05, 0) is 30.0 Å². The minimum Gasteiger partial charge on any atom is -0.384 e. The summed E-state index contributed by atoms with van der Waals surface area (Å²) in [6, 6.07) is 5.14. The van der Waals surface area contributed by atoms with Crippen LogP contribution in [0.4, 0.5) is 18.9 Å². The van der Waals surface area contributed by atoms with Crippen LogP contribution in [0.25, 0.3) is 0 Å². The average Bonchev–Trinajstić information content (AvgIpc) is 2.35. The van der Waals surface area contributed by atoms with Crippen molar-refractivity contribution < 1.29 is 13.2 Å². The minimum absolute atomic E-state index is 0.0511. The molecule has 0 aliphatic rings. The maximum Gasteiger partial charge on any atom is 0.417 e. The van der Waals surface area contributed by atoms with Gasteiger partial charge in [-0.25, -0.2) is 0 Å². The van der Waals surface area contributed by atoms with Crippen LogP contribution in [0.1, 0.15) is 38.3 Å². The van der Waals surface area contributed by atoms with Crippen LogP contribution in [-0.2, 0) is 6.18 Å². The van der Waals surface area contributed by atoms with Crippen LogP contribution in [0.15, 0.2) is 18.2 Å². The Hall–Kier alpha value is -1.70. The Labute approximate surface area is 111 Å². The van der Waals surface area contributed by atoms with Gasteiger partial charge in [-0.1, -0.05) is 20.8 Å². The maximum atomic E-state index is 12.6. The van der Waals surface area contributed by atoms with E-state index in [9.17, 15) is 13.2 Å². The van der Waals surface area contributed by atoms with Crippen LogP contribution in [0.5, 0.6) is 0 Å². The Kier molecular flexibility index (Phi) is 4.46. The summed E-state index contributed by atoms with van der Waals surface area (Å²) < 4.78 is 37.9. The van der Waals surface area contributed by atoms with Gasteiger partial charge in [0.25, 0.3) is 0 Å². The summed E-state index contributed by atoms with van der Waals surface area (Å²) >= 11 is 0. The zero-order valence-corrected chi connectivity index (χ0v) is 11.2. The molecule has 0 aliphatic carbocycles. The second kappa shape index (κ2) is 5.52. The van der Waals surface area contributed by atoms with E-state index in [-0.39, 0.29) is 11.0 Å². The van der Waals surface area contributed by atoms with Crippen LogP contribution < -0.4 is 5.32 Å². The number of nitrogens with zero attached hydrogens (tertiary/aromatic N) is 1. The lowest BCUT2D eigenvalue weighted by atomic mass is 9.90. The SMILES string of the molecule is CCC(C)(C)CNc1ccc(C(F)(F)F)c(C#N)c1. The monoisotopic (exact) mass is 270 g/mol. The summed E-state index contributed by atoms with van der Waals surface area (Å²) in [7, 11) is 0. The van der Waals surface area contributed by atoms with Crippen molar-refractivity contribution in [3.63, 3.8) is 0 Å². The number of nitrogens with one attached hydrogen (secondary N) is 1. The molecule has 0 saturated heterocycles. The topological polar surface area (TPSA) is 35.8 Å². The highest BCUT2D eigenvalue weighted by Gasteiger charge is 2.33. The second-order valence-electron chi connectivity index (χ2n) is 5.24. The highest BCUT2D eigenvalue weighted by atomic mass is 19.4. The smallest absolute Gasteiger partial charge is 0.384 e. The van der Waals surface area contributed by atoms with Gasteiger partial charge in [0.15, 0.2) is 0 Å². The normalized spacial score (nSPS) is 12.1. The summed E-state index contributed by atoms with van der Waals surface area (Å²) in [6.07, 6.45) is -3.54. The van der Waals surface area contributed by atoms with Crippen LogP contribution in [0.3, 0.4) is 0 Å². The third kappa shape index (κ3) is 4.16. The van der Waals surface area contributed by atoms with Crippen molar-refractivity contribution >= 4 is 5.69 Å². The zero-order chi connectivity index (χ0) is 14.7. The minimum atomic E-state index is -4.49. The first kappa shape index (κ1) is 15.4. The van der Waals surface area contributed by atoms with E-state index < -0.39 is 11.7 Å². The van der Waals surface area contributed by atoms with Gasteiger partial charge in [-0.2, -0.15) is 18.4 Å². The van der Waals surface area contributed by atoms with E-state index in [1.165, 1.54) is 12.1 Å². The van der Waals surface area contributed by atoms with Crippen LogP contribution >= 0.6 is 0 Å². The van der Waals surface area contributed by atoms with E-state index >= 15 is 0 Å². The van der Waals surface area contributed by atoms with Crippen molar-refractivity contribution in [2.75, 3.05) is 11.9 Å². The predicted octanol–water partition coefficient (Wildman–Crippen LogP) is 4.43. The van der Waals surface area contributed by atoms with Crippen molar-refractivity contribution in [1.82, 2.24) is 0 Å². The average molecular weight is 270 g/mol. The first-order chi connectivity index (χ1) is 8.69. The Bertz CT molecular complexity index is 484. The number of rotatable bonds is 4. The Morgan fingerprint density at radius 3 is 2.37 bits per heavy atom. The summed E-state index contributed by atoms with van der Waals surface area (Å²) in [5, 5.41) is 11.9. The largest absolute Gasteiger partial charge is 0.417 e. The molecule has 0 aromatic heterocycles. The zero-order valence-electron chi connectivity index (χ0n) is 11.2. The fraction of sp³-hybridized carbons (Fsp3) is 0.500. The van der Waals surface area contributed by atoms with E-state index in [1.807, 2.05) is 0 Å². The lowest BCUT2D eigenvalue weighted by Gasteiger charge is -2.23. The van der Waals surface area contributed by atoms with Gasteiger partial charge in [0.1, 0.15) is 0 Å². The molecule has 1 rings (SSSR count). The molecule has 1 aromatic rings. The third-order valence-corrected chi connectivity index (χ3v) is 3.17. The molecule has 2 nitrogen and oxygen atoms in total. The van der Waals surface area contributed by atoms with Gasteiger partial charge in [0.05, 0.1) is 17.2 Å². The second-order valence-corrected chi connectivity index (χ2v) is 5.24. The van der Waals surface area contributed by atoms with E-state index in [4.69, 9.17) is 5.26 Å². The van der Waals surface area contributed by atoms with Gasteiger partial charge in [-0.3, -0.25) is 0 Å². The summed E-state index contributed by atoms with van der Waals surface area (Å²) in [4.78, 5) is 0. The number of halogens is 3. The van der Waals surface area contributed by atoms with E-state index in [0.717, 1.165) is 12.5 Å². The first-order valence-electron chi connectivity index (χ1n) is 6.05. The molecule has 0 unspecified atom stereocenters. The van der Waals surface area contributed by atoms with Gasteiger partial charge in [0.2, 0.25) is 0 Å². The fourth-order valence-corrected chi connectivity index (χ4v) is 1.46. The summed E-state index contributed by atoms with van der Waals surface area (Å²) in [5.74, 6) is 0. The Morgan fingerprint density at radius 2 is 1.89 bits per heavy atom. The van der Waals surface area contributed by atoms with Gasteiger partial charge < -0.3 is 5.32 Å². The molecule has 0 spiro atoms. The van der Waals surface area contributed by atoms with Gasteiger partial charge >= 0.3 is 6.18 Å². The fourth-order valence-electron chi connectivity index (χ4n) is 1.46. The Morgan fingerprint density at radius 1 is 1.26 bits per heavy atom. The lowest BCUT2D eigenvalue weighted by Crippen LogP contribution is -2.22. The van der Waals surface area contributed by atoms with Gasteiger partial charge in [-0.15, -0.1) is 0 Å². The number of hydrogen-bond acceptors (Lipinski definition) is 2. The lowest BCUT2D eigenvalue weighted by molar-refractivity contribution is -0.137. The van der Waals surface area contributed by atoms with Crippen LogP contribution in [0, 0.1) is 16.7 Å². The van der Waals surface area contributed by atoms with Crippen molar-refractivity contribution in [1.29, 1.82) is 5.26 Å². The first-order valence-corrected chi connectivity index (χ1v) is 6.05. The Balaban J connectivity index is 2.93. The molecule has 5 heteroatoms. The van der Waals surface area contributed by atoms with Crippen LogP contribution in [0.2, 0.25) is 0 Å². The molecule has 0 bridgehead atoms. The number of alkyl halides is 3.